The number of thiocarbonyl (C=S) groups is 1. The van der Waals surface area contributed by atoms with Crippen molar-refractivity contribution in [3.05, 3.63) is 54.6 Å². The monoisotopic (exact) mass is 273 g/mol. The first-order valence-corrected chi connectivity index (χ1v) is 6.28. The van der Waals surface area contributed by atoms with E-state index in [0.29, 0.717) is 10.9 Å². The van der Waals surface area contributed by atoms with Gasteiger partial charge in [0.25, 0.3) is 5.17 Å². The van der Waals surface area contributed by atoms with Gasteiger partial charge < -0.3 is 14.4 Å². The number of nitrogens with zero attached hydrogens (tertiary/aromatic N) is 1. The van der Waals surface area contributed by atoms with Crippen LogP contribution in [0.5, 0.6) is 17.2 Å². The SMILES string of the molecule is CN(C)C(=S)Oc1ccc(Oc2ccccc2)cc1. The van der Waals surface area contributed by atoms with E-state index in [2.05, 4.69) is 0 Å². The smallest absolute Gasteiger partial charge is 0.264 e. The maximum absolute atomic E-state index is 5.69. The Morgan fingerprint density at radius 1 is 0.842 bits per heavy atom. The predicted molar refractivity (Wildman–Crippen MR) is 79.9 cm³/mol. The first-order chi connectivity index (χ1) is 9.15. The fourth-order valence-corrected chi connectivity index (χ4v) is 1.49. The normalized spacial score (nSPS) is 9.79. The molecule has 3 nitrogen and oxygen atoms in total. The van der Waals surface area contributed by atoms with Gasteiger partial charge in [0.2, 0.25) is 0 Å². The number of hydrogen-bond donors (Lipinski definition) is 0. The van der Waals surface area contributed by atoms with E-state index in [4.69, 9.17) is 21.7 Å². The largest absolute Gasteiger partial charge is 0.457 e. The molecule has 0 amide bonds. The van der Waals surface area contributed by atoms with Gasteiger partial charge in [-0.15, -0.1) is 0 Å². The molecule has 0 fully saturated rings. The van der Waals surface area contributed by atoms with E-state index in [9.17, 15) is 0 Å². The topological polar surface area (TPSA) is 21.7 Å². The maximum atomic E-state index is 5.69. The van der Waals surface area contributed by atoms with Gasteiger partial charge >= 0.3 is 0 Å². The van der Waals surface area contributed by atoms with Crippen molar-refractivity contribution in [2.45, 2.75) is 0 Å². The molecule has 98 valence electrons. The number of benzene rings is 2. The van der Waals surface area contributed by atoms with Crippen LogP contribution >= 0.6 is 12.2 Å². The third kappa shape index (κ3) is 3.96. The van der Waals surface area contributed by atoms with E-state index < -0.39 is 0 Å². The molecule has 0 aliphatic rings. The second-order valence-electron chi connectivity index (χ2n) is 4.15. The lowest BCUT2D eigenvalue weighted by atomic mass is 10.3. The van der Waals surface area contributed by atoms with E-state index in [1.54, 1.807) is 4.90 Å². The fraction of sp³-hybridized carbons (Fsp3) is 0.133. The van der Waals surface area contributed by atoms with Crippen molar-refractivity contribution in [1.82, 2.24) is 4.90 Å². The van der Waals surface area contributed by atoms with Crippen LogP contribution in [0.2, 0.25) is 0 Å². The van der Waals surface area contributed by atoms with Gasteiger partial charge in [-0.3, -0.25) is 0 Å². The van der Waals surface area contributed by atoms with Gasteiger partial charge in [0, 0.05) is 14.1 Å². The van der Waals surface area contributed by atoms with Crippen LogP contribution in [0.1, 0.15) is 0 Å². The van der Waals surface area contributed by atoms with Gasteiger partial charge in [-0.25, -0.2) is 0 Å². The third-order valence-corrected chi connectivity index (χ3v) is 2.82. The molecule has 0 spiro atoms. The number of hydrogen-bond acceptors (Lipinski definition) is 3. The summed E-state index contributed by atoms with van der Waals surface area (Å²) < 4.78 is 11.2. The molecule has 2 aromatic carbocycles. The van der Waals surface area contributed by atoms with Crippen molar-refractivity contribution in [2.24, 2.45) is 0 Å². The average molecular weight is 273 g/mol. The van der Waals surface area contributed by atoms with Crippen LogP contribution in [0.15, 0.2) is 54.6 Å². The Labute approximate surface area is 118 Å². The molecular formula is C15H15NO2S. The minimum atomic E-state index is 0.428. The molecule has 0 atom stereocenters. The van der Waals surface area contributed by atoms with Crippen LogP contribution in [-0.2, 0) is 0 Å². The van der Waals surface area contributed by atoms with Crippen molar-refractivity contribution >= 4 is 17.4 Å². The lowest BCUT2D eigenvalue weighted by Gasteiger charge is -2.14. The van der Waals surface area contributed by atoms with Gasteiger partial charge in [-0.1, -0.05) is 18.2 Å². The maximum Gasteiger partial charge on any atom is 0.264 e. The molecule has 0 saturated heterocycles. The average Bonchev–Trinajstić information content (AvgIpc) is 2.42. The lowest BCUT2D eigenvalue weighted by Crippen LogP contribution is -2.24. The molecule has 0 saturated carbocycles. The molecule has 4 heteroatoms. The Morgan fingerprint density at radius 3 is 1.95 bits per heavy atom. The van der Waals surface area contributed by atoms with Gasteiger partial charge in [0.1, 0.15) is 17.2 Å². The standard InChI is InChI=1S/C15H15NO2S/c1-16(2)15(19)18-14-10-8-13(9-11-14)17-12-6-4-3-5-7-12/h3-11H,1-2H3. The minimum absolute atomic E-state index is 0.428. The number of rotatable bonds is 3. The molecule has 0 radical (unpaired) electrons. The van der Waals surface area contributed by atoms with Crippen molar-refractivity contribution in [3.8, 4) is 17.2 Å². The van der Waals surface area contributed by atoms with Crippen LogP contribution < -0.4 is 9.47 Å². The minimum Gasteiger partial charge on any atom is -0.457 e. The van der Waals surface area contributed by atoms with Gasteiger partial charge in [0.15, 0.2) is 0 Å². The Hall–Kier alpha value is -2.07. The van der Waals surface area contributed by atoms with E-state index >= 15 is 0 Å². The summed E-state index contributed by atoms with van der Waals surface area (Å²) in [5, 5.41) is 0.428. The zero-order chi connectivity index (χ0) is 13.7. The molecule has 0 bridgehead atoms. The first kappa shape index (κ1) is 13.4. The zero-order valence-electron chi connectivity index (χ0n) is 10.9. The zero-order valence-corrected chi connectivity index (χ0v) is 11.7. The summed E-state index contributed by atoms with van der Waals surface area (Å²) in [4.78, 5) is 1.74. The van der Waals surface area contributed by atoms with Crippen molar-refractivity contribution in [1.29, 1.82) is 0 Å². The van der Waals surface area contributed by atoms with Crippen LogP contribution in [0, 0.1) is 0 Å². The highest BCUT2D eigenvalue weighted by Gasteiger charge is 2.03. The predicted octanol–water partition coefficient (Wildman–Crippen LogP) is 3.70. The molecule has 0 N–H and O–H groups in total. The molecule has 0 aliphatic carbocycles. The molecule has 0 unspecified atom stereocenters. The van der Waals surface area contributed by atoms with E-state index in [1.807, 2.05) is 68.7 Å². The summed E-state index contributed by atoms with van der Waals surface area (Å²) in [7, 11) is 3.68. The van der Waals surface area contributed by atoms with Crippen molar-refractivity contribution in [3.63, 3.8) is 0 Å². The molecule has 0 heterocycles. The highest BCUT2D eigenvalue weighted by Crippen LogP contribution is 2.23. The fourth-order valence-electron chi connectivity index (χ4n) is 1.39. The summed E-state index contributed by atoms with van der Waals surface area (Å²) in [6.07, 6.45) is 0. The quantitative estimate of drug-likeness (QED) is 0.795. The van der Waals surface area contributed by atoms with Crippen LogP contribution in [0.3, 0.4) is 0 Å². The molecule has 0 aromatic heterocycles. The number of ether oxygens (including phenoxy) is 2. The van der Waals surface area contributed by atoms with E-state index in [-0.39, 0.29) is 0 Å². The lowest BCUT2D eigenvalue weighted by molar-refractivity contribution is 0.446. The third-order valence-electron chi connectivity index (χ3n) is 2.37. The highest BCUT2D eigenvalue weighted by molar-refractivity contribution is 7.80. The molecular weight excluding hydrogens is 258 g/mol. The van der Waals surface area contributed by atoms with Crippen LogP contribution in [0.4, 0.5) is 0 Å². The van der Waals surface area contributed by atoms with Gasteiger partial charge in [-0.05, 0) is 48.6 Å². The van der Waals surface area contributed by atoms with Crippen molar-refractivity contribution < 1.29 is 9.47 Å². The Balaban J connectivity index is 2.01. The summed E-state index contributed by atoms with van der Waals surface area (Å²) in [5.74, 6) is 2.26. The van der Waals surface area contributed by atoms with Crippen LogP contribution in [0.25, 0.3) is 0 Å². The Kier molecular flexibility index (Phi) is 4.36. The second kappa shape index (κ2) is 6.20. The highest BCUT2D eigenvalue weighted by atomic mass is 32.1. The number of para-hydroxylation sites is 1. The van der Waals surface area contributed by atoms with E-state index in [0.717, 1.165) is 11.5 Å². The Morgan fingerprint density at radius 2 is 1.37 bits per heavy atom. The summed E-state index contributed by atoms with van der Waals surface area (Å²) >= 11 is 5.07. The molecule has 19 heavy (non-hydrogen) atoms. The summed E-state index contributed by atoms with van der Waals surface area (Å²) in [5.41, 5.74) is 0. The first-order valence-electron chi connectivity index (χ1n) is 5.87. The summed E-state index contributed by atoms with van der Waals surface area (Å²) in [6.45, 7) is 0. The summed E-state index contributed by atoms with van der Waals surface area (Å²) in [6, 6.07) is 17.0. The Bertz CT molecular complexity index is 538. The van der Waals surface area contributed by atoms with Gasteiger partial charge in [0.05, 0.1) is 0 Å². The van der Waals surface area contributed by atoms with Crippen molar-refractivity contribution in [2.75, 3.05) is 14.1 Å². The van der Waals surface area contributed by atoms with E-state index in [1.165, 1.54) is 0 Å². The molecule has 2 rings (SSSR count). The van der Waals surface area contributed by atoms with Crippen LogP contribution in [-0.4, -0.2) is 24.2 Å². The molecule has 0 aliphatic heterocycles. The molecule has 2 aromatic rings. The van der Waals surface area contributed by atoms with Gasteiger partial charge in [-0.2, -0.15) is 0 Å². The second-order valence-corrected chi connectivity index (χ2v) is 4.50.